The third-order valence-electron chi connectivity index (χ3n) is 3.80. The van der Waals surface area contributed by atoms with Gasteiger partial charge in [-0.2, -0.15) is 0 Å². The molecule has 0 unspecified atom stereocenters. The van der Waals surface area contributed by atoms with E-state index in [2.05, 4.69) is 24.0 Å². The van der Waals surface area contributed by atoms with E-state index < -0.39 is 0 Å². The van der Waals surface area contributed by atoms with Crippen LogP contribution in [-0.4, -0.2) is 11.0 Å². The summed E-state index contributed by atoms with van der Waals surface area (Å²) in [5.74, 6) is 0.145. The number of carbonyl (C=O) groups excluding carboxylic acids is 1. The van der Waals surface area contributed by atoms with E-state index >= 15 is 0 Å². The molecule has 0 N–H and O–H groups in total. The quantitative estimate of drug-likeness (QED) is 0.210. The van der Waals surface area contributed by atoms with Crippen LogP contribution in [0.3, 0.4) is 0 Å². The van der Waals surface area contributed by atoms with Crippen LogP contribution < -0.4 is 4.74 Å². The van der Waals surface area contributed by atoms with Crippen molar-refractivity contribution < 1.29 is 9.53 Å². The van der Waals surface area contributed by atoms with Gasteiger partial charge in [-0.05, 0) is 43.5 Å². The smallest absolute Gasteiger partial charge is 0.336 e. The van der Waals surface area contributed by atoms with Gasteiger partial charge in [0, 0.05) is 23.5 Å². The largest absolute Gasteiger partial charge is 0.423 e. The molecule has 130 valence electrons. The van der Waals surface area contributed by atoms with E-state index in [-0.39, 0.29) is 5.97 Å². The zero-order valence-electron chi connectivity index (χ0n) is 14.9. The highest BCUT2D eigenvalue weighted by Crippen LogP contribution is 2.22. The predicted molar refractivity (Wildman–Crippen MR) is 102 cm³/mol. The minimum absolute atomic E-state index is 0.385. The third-order valence-corrected chi connectivity index (χ3v) is 3.80. The number of unbranched alkanes of at least 4 members (excludes halogenated alkanes) is 2. The number of rotatable bonds is 8. The Morgan fingerprint density at radius 1 is 1.04 bits per heavy atom. The van der Waals surface area contributed by atoms with E-state index in [4.69, 9.17) is 4.74 Å². The molecule has 2 rings (SSSR count). The van der Waals surface area contributed by atoms with E-state index in [1.165, 1.54) is 25.3 Å². The van der Waals surface area contributed by atoms with Crippen LogP contribution in [0.1, 0.15) is 38.8 Å². The molecular weight excluding hydrogens is 310 g/mol. The van der Waals surface area contributed by atoms with Crippen molar-refractivity contribution in [1.29, 1.82) is 0 Å². The van der Waals surface area contributed by atoms with Gasteiger partial charge in [-0.1, -0.05) is 56.2 Å². The van der Waals surface area contributed by atoms with Crippen molar-refractivity contribution in [2.45, 2.75) is 39.5 Å². The standard InChI is InChI=1S/C22H25NO2/c1-3-5-7-9-20-14-11-19(17-23-20)18-12-15-21(16-13-18)25-22(24)10-8-6-4-2/h4,6,8,10-17H,3,5,7,9H2,1-2H3. The topological polar surface area (TPSA) is 39.2 Å². The summed E-state index contributed by atoms with van der Waals surface area (Å²) >= 11 is 0. The van der Waals surface area contributed by atoms with E-state index in [0.717, 1.165) is 23.2 Å². The minimum Gasteiger partial charge on any atom is -0.423 e. The highest BCUT2D eigenvalue weighted by atomic mass is 16.5. The minimum atomic E-state index is -0.385. The number of allylic oxidation sites excluding steroid dienone is 3. The summed E-state index contributed by atoms with van der Waals surface area (Å²) in [6.07, 6.45) is 13.3. The van der Waals surface area contributed by atoms with Crippen LogP contribution in [0.4, 0.5) is 0 Å². The molecule has 0 aliphatic rings. The molecule has 0 atom stereocenters. The van der Waals surface area contributed by atoms with Crippen molar-refractivity contribution in [1.82, 2.24) is 4.98 Å². The number of aromatic nitrogens is 1. The summed E-state index contributed by atoms with van der Waals surface area (Å²) in [4.78, 5) is 16.2. The summed E-state index contributed by atoms with van der Waals surface area (Å²) in [6.45, 7) is 4.09. The number of nitrogens with zero attached hydrogens (tertiary/aromatic N) is 1. The van der Waals surface area contributed by atoms with Gasteiger partial charge in [-0.25, -0.2) is 4.79 Å². The lowest BCUT2D eigenvalue weighted by molar-refractivity contribution is -0.128. The van der Waals surface area contributed by atoms with Gasteiger partial charge in [0.25, 0.3) is 0 Å². The Hall–Kier alpha value is -2.68. The van der Waals surface area contributed by atoms with Crippen molar-refractivity contribution >= 4 is 5.97 Å². The molecule has 0 bridgehead atoms. The van der Waals surface area contributed by atoms with E-state index in [1.807, 2.05) is 31.3 Å². The molecule has 0 spiro atoms. The van der Waals surface area contributed by atoms with E-state index in [1.54, 1.807) is 24.3 Å². The fraction of sp³-hybridized carbons (Fsp3) is 0.273. The van der Waals surface area contributed by atoms with Crippen LogP contribution in [0.25, 0.3) is 11.1 Å². The molecule has 25 heavy (non-hydrogen) atoms. The molecule has 0 fully saturated rings. The van der Waals surface area contributed by atoms with Crippen molar-refractivity contribution in [2.24, 2.45) is 0 Å². The van der Waals surface area contributed by atoms with Crippen LogP contribution in [0, 0.1) is 0 Å². The van der Waals surface area contributed by atoms with Gasteiger partial charge in [0.1, 0.15) is 5.75 Å². The predicted octanol–water partition coefficient (Wildman–Crippen LogP) is 5.52. The molecule has 0 radical (unpaired) electrons. The molecule has 0 aliphatic carbocycles. The fourth-order valence-corrected chi connectivity index (χ4v) is 2.41. The Balaban J connectivity index is 1.96. The monoisotopic (exact) mass is 335 g/mol. The second-order valence-electron chi connectivity index (χ2n) is 5.83. The Bertz CT molecular complexity index is 713. The van der Waals surface area contributed by atoms with Gasteiger partial charge in [0.15, 0.2) is 0 Å². The van der Waals surface area contributed by atoms with E-state index in [0.29, 0.717) is 5.75 Å². The maximum Gasteiger partial charge on any atom is 0.336 e. The second kappa shape index (κ2) is 10.2. The van der Waals surface area contributed by atoms with Crippen LogP contribution in [0.2, 0.25) is 0 Å². The van der Waals surface area contributed by atoms with Crippen molar-refractivity contribution in [3.8, 4) is 16.9 Å². The first-order chi connectivity index (χ1) is 12.2. The normalized spacial score (nSPS) is 11.3. The van der Waals surface area contributed by atoms with Crippen molar-refractivity contribution in [2.75, 3.05) is 0 Å². The molecular formula is C22H25NO2. The zero-order chi connectivity index (χ0) is 17.9. The van der Waals surface area contributed by atoms with Crippen LogP contribution in [0.5, 0.6) is 5.75 Å². The van der Waals surface area contributed by atoms with Gasteiger partial charge in [-0.3, -0.25) is 4.98 Å². The zero-order valence-corrected chi connectivity index (χ0v) is 14.9. The Morgan fingerprint density at radius 3 is 2.44 bits per heavy atom. The number of hydrogen-bond acceptors (Lipinski definition) is 3. The molecule has 0 saturated heterocycles. The lowest BCUT2D eigenvalue weighted by Gasteiger charge is -2.05. The van der Waals surface area contributed by atoms with Crippen LogP contribution in [0.15, 0.2) is 66.9 Å². The first-order valence-corrected chi connectivity index (χ1v) is 8.79. The first kappa shape index (κ1) is 18.7. The molecule has 1 aromatic heterocycles. The molecule has 2 aromatic rings. The van der Waals surface area contributed by atoms with Crippen LogP contribution in [-0.2, 0) is 11.2 Å². The number of hydrogen-bond donors (Lipinski definition) is 0. The van der Waals surface area contributed by atoms with Gasteiger partial charge in [0.05, 0.1) is 0 Å². The Kier molecular flexibility index (Phi) is 7.64. The number of aryl methyl sites for hydroxylation is 1. The second-order valence-corrected chi connectivity index (χ2v) is 5.83. The highest BCUT2D eigenvalue weighted by molar-refractivity contribution is 5.84. The maximum absolute atomic E-state index is 11.6. The maximum atomic E-state index is 11.6. The van der Waals surface area contributed by atoms with E-state index in [9.17, 15) is 4.79 Å². The average molecular weight is 335 g/mol. The van der Waals surface area contributed by atoms with Crippen molar-refractivity contribution in [3.05, 3.63) is 72.6 Å². The Morgan fingerprint density at radius 2 is 1.80 bits per heavy atom. The number of carbonyl (C=O) groups is 1. The summed E-state index contributed by atoms with van der Waals surface area (Å²) in [6, 6.07) is 11.6. The van der Waals surface area contributed by atoms with Gasteiger partial charge >= 0.3 is 5.97 Å². The lowest BCUT2D eigenvalue weighted by atomic mass is 10.1. The summed E-state index contributed by atoms with van der Waals surface area (Å²) in [5, 5.41) is 0. The van der Waals surface area contributed by atoms with Crippen LogP contribution >= 0.6 is 0 Å². The SMILES string of the molecule is CC=CC=CC(=O)Oc1ccc(-c2ccc(CCCCC)nc2)cc1. The molecule has 3 nitrogen and oxygen atoms in total. The molecule has 1 heterocycles. The Labute approximate surface area is 150 Å². The summed E-state index contributed by atoms with van der Waals surface area (Å²) in [5.41, 5.74) is 3.25. The highest BCUT2D eigenvalue weighted by Gasteiger charge is 2.03. The van der Waals surface area contributed by atoms with Gasteiger partial charge in [-0.15, -0.1) is 0 Å². The molecule has 0 aliphatic heterocycles. The molecule has 0 saturated carbocycles. The van der Waals surface area contributed by atoms with Gasteiger partial charge < -0.3 is 4.74 Å². The molecule has 0 amide bonds. The van der Waals surface area contributed by atoms with Gasteiger partial charge in [0.2, 0.25) is 0 Å². The third kappa shape index (κ3) is 6.38. The first-order valence-electron chi connectivity index (χ1n) is 8.79. The number of ether oxygens (including phenoxy) is 1. The average Bonchev–Trinajstić information content (AvgIpc) is 2.63. The van der Waals surface area contributed by atoms with Crippen molar-refractivity contribution in [3.63, 3.8) is 0 Å². The number of pyridine rings is 1. The lowest BCUT2D eigenvalue weighted by Crippen LogP contribution is -2.03. The number of esters is 1. The summed E-state index contributed by atoms with van der Waals surface area (Å²) in [7, 11) is 0. The molecule has 3 heteroatoms. The summed E-state index contributed by atoms with van der Waals surface area (Å²) < 4.78 is 5.25. The number of benzene rings is 1. The molecule has 1 aromatic carbocycles. The fourth-order valence-electron chi connectivity index (χ4n) is 2.41.